The maximum atomic E-state index is 5.21. The van der Waals surface area contributed by atoms with Gasteiger partial charge in [0.1, 0.15) is 0 Å². The number of hydrogen-bond donors (Lipinski definition) is 0. The zero-order chi connectivity index (χ0) is 57.9. The second-order valence-corrected chi connectivity index (χ2v) is 24.8. The zero-order valence-corrected chi connectivity index (χ0v) is 48.6. The van der Waals surface area contributed by atoms with Gasteiger partial charge < -0.3 is 9.13 Å². The number of rotatable bonds is 7. The van der Waals surface area contributed by atoms with Crippen LogP contribution < -0.4 is 0 Å². The molecule has 2 aliphatic rings. The minimum Gasteiger partial charge on any atom is -0.309 e. The predicted molar refractivity (Wildman–Crippen MR) is 360 cm³/mol. The first-order chi connectivity index (χ1) is 42.6. The fraction of sp³-hybridized carbons (Fsp3) is 0.0741. The van der Waals surface area contributed by atoms with E-state index in [0.29, 0.717) is 17.6 Å². The van der Waals surface area contributed by atoms with Crippen molar-refractivity contribution < 1.29 is 0 Å². The summed E-state index contributed by atoms with van der Waals surface area (Å²) in [5.41, 5.74) is 26.1. The van der Waals surface area contributed by atoms with Crippen LogP contribution in [0.25, 0.3) is 150 Å². The van der Waals surface area contributed by atoms with Crippen molar-refractivity contribution in [2.45, 2.75) is 38.5 Å². The third kappa shape index (κ3) is 7.25. The fourth-order valence-electron chi connectivity index (χ4n) is 15.0. The van der Waals surface area contributed by atoms with Crippen LogP contribution in [0, 0.1) is 0 Å². The molecular weight excluding hydrogens is 1060 g/mol. The highest BCUT2D eigenvalue weighted by atomic mass is 15.2. The molecule has 0 fully saturated rings. The number of hydrogen-bond acceptors (Lipinski definition) is 3. The summed E-state index contributed by atoms with van der Waals surface area (Å²) in [7, 11) is 0. The molecule has 87 heavy (non-hydrogen) atoms. The molecule has 6 heteroatoms. The minimum absolute atomic E-state index is 0.103. The maximum absolute atomic E-state index is 5.21. The number of aromatic nitrogens is 6. The van der Waals surface area contributed by atoms with E-state index < -0.39 is 0 Å². The van der Waals surface area contributed by atoms with Gasteiger partial charge in [-0.05, 0) is 152 Å². The van der Waals surface area contributed by atoms with Crippen LogP contribution in [0.2, 0.25) is 0 Å². The van der Waals surface area contributed by atoms with Gasteiger partial charge in [0.05, 0.1) is 33.1 Å². The minimum atomic E-state index is -0.147. The number of benzene rings is 12. The molecule has 0 saturated carbocycles. The van der Waals surface area contributed by atoms with Gasteiger partial charge in [0.2, 0.25) is 5.95 Å². The summed E-state index contributed by atoms with van der Waals surface area (Å²) in [5, 5.41) is 7.12. The molecule has 0 radical (unpaired) electrons. The first kappa shape index (κ1) is 49.5. The molecule has 18 rings (SSSR count). The molecule has 0 amide bonds. The molecule has 6 nitrogen and oxygen atoms in total. The third-order valence-corrected chi connectivity index (χ3v) is 19.3. The molecule has 0 aliphatic heterocycles. The lowest BCUT2D eigenvalue weighted by atomic mass is 9.82. The molecule has 0 atom stereocenters. The van der Waals surface area contributed by atoms with E-state index in [0.717, 1.165) is 55.3 Å². The van der Waals surface area contributed by atoms with Crippen molar-refractivity contribution in [1.82, 2.24) is 28.7 Å². The van der Waals surface area contributed by atoms with Crippen molar-refractivity contribution in [3.05, 3.63) is 289 Å². The van der Waals surface area contributed by atoms with Gasteiger partial charge in [-0.1, -0.05) is 210 Å². The van der Waals surface area contributed by atoms with Gasteiger partial charge in [0, 0.05) is 65.6 Å². The summed E-state index contributed by atoms with van der Waals surface area (Å²) in [5.74, 6) is 1.83. The molecule has 410 valence electrons. The summed E-state index contributed by atoms with van der Waals surface area (Å²) in [6.07, 6.45) is 0. The first-order valence-electron chi connectivity index (χ1n) is 30.2. The van der Waals surface area contributed by atoms with Gasteiger partial charge in [-0.3, -0.25) is 4.57 Å². The van der Waals surface area contributed by atoms with E-state index in [2.05, 4.69) is 272 Å². The third-order valence-electron chi connectivity index (χ3n) is 19.3. The van der Waals surface area contributed by atoms with Crippen LogP contribution in [-0.4, -0.2) is 28.7 Å². The highest BCUT2D eigenvalue weighted by Crippen LogP contribution is 2.52. The highest BCUT2D eigenvalue weighted by molar-refractivity contribution is 6.15. The van der Waals surface area contributed by atoms with E-state index in [9.17, 15) is 0 Å². The average molecular weight is 1110 g/mol. The van der Waals surface area contributed by atoms with Crippen LogP contribution in [0.3, 0.4) is 0 Å². The Labute approximate surface area is 503 Å². The lowest BCUT2D eigenvalue weighted by Crippen LogP contribution is -2.15. The van der Waals surface area contributed by atoms with Gasteiger partial charge >= 0.3 is 0 Å². The normalized spacial score (nSPS) is 13.7. The summed E-state index contributed by atoms with van der Waals surface area (Å²) in [6.45, 7) is 9.47. The molecule has 0 saturated heterocycles. The molecule has 0 N–H and O–H groups in total. The molecular formula is C81H56N6. The Hall–Kier alpha value is -11.0. The van der Waals surface area contributed by atoms with E-state index in [1.807, 2.05) is 36.4 Å². The predicted octanol–water partition coefficient (Wildman–Crippen LogP) is 20.4. The SMILES string of the molecule is CC1(C)c2ccccc2-c2ccc(-n3c4ccccc4c4cc(-c5ccc6c(c5)c5cc(-c7ccc8c(c7)c7ccccc7n8-c7nc(-c8ccccc8)nc(-c8ccccc8)n7)ccc5n6-c5ccc6c(c5)C(C)(C)c5ccccc5-6)ccc43)cc21. The van der Waals surface area contributed by atoms with E-state index in [1.165, 1.54) is 99.4 Å². The van der Waals surface area contributed by atoms with Crippen molar-refractivity contribution >= 4 is 65.4 Å². The van der Waals surface area contributed by atoms with Gasteiger partial charge in [0.25, 0.3) is 0 Å². The summed E-state index contributed by atoms with van der Waals surface area (Å²) in [6, 6.07) is 98.0. The molecule has 4 aromatic heterocycles. The van der Waals surface area contributed by atoms with Gasteiger partial charge in [-0.2, -0.15) is 9.97 Å². The molecule has 0 unspecified atom stereocenters. The van der Waals surface area contributed by atoms with Crippen molar-refractivity contribution in [3.8, 4) is 84.6 Å². The van der Waals surface area contributed by atoms with Crippen LogP contribution in [0.4, 0.5) is 0 Å². The average Bonchev–Trinajstić information content (AvgIpc) is 1.93. The van der Waals surface area contributed by atoms with Gasteiger partial charge in [-0.25, -0.2) is 4.98 Å². The maximum Gasteiger partial charge on any atom is 0.238 e. The Morgan fingerprint density at radius 1 is 0.241 bits per heavy atom. The highest BCUT2D eigenvalue weighted by Gasteiger charge is 2.37. The topological polar surface area (TPSA) is 53.5 Å². The smallest absolute Gasteiger partial charge is 0.238 e. The Kier molecular flexibility index (Phi) is 10.4. The fourth-order valence-corrected chi connectivity index (χ4v) is 15.0. The second kappa shape index (κ2) is 18.3. The number of fused-ring (bicyclic) bond motifs is 15. The molecule has 4 heterocycles. The molecule has 0 bridgehead atoms. The van der Waals surface area contributed by atoms with Crippen molar-refractivity contribution in [2.24, 2.45) is 0 Å². The van der Waals surface area contributed by atoms with Crippen molar-refractivity contribution in [3.63, 3.8) is 0 Å². The van der Waals surface area contributed by atoms with E-state index in [-0.39, 0.29) is 10.8 Å². The van der Waals surface area contributed by atoms with E-state index >= 15 is 0 Å². The monoisotopic (exact) mass is 1110 g/mol. The van der Waals surface area contributed by atoms with Crippen molar-refractivity contribution in [1.29, 1.82) is 0 Å². The Morgan fingerprint density at radius 2 is 0.575 bits per heavy atom. The van der Waals surface area contributed by atoms with Crippen LogP contribution in [0.5, 0.6) is 0 Å². The van der Waals surface area contributed by atoms with E-state index in [1.54, 1.807) is 0 Å². The summed E-state index contributed by atoms with van der Waals surface area (Å²) >= 11 is 0. The zero-order valence-electron chi connectivity index (χ0n) is 48.6. The quantitative estimate of drug-likeness (QED) is 0.160. The van der Waals surface area contributed by atoms with Crippen LogP contribution in [0.15, 0.2) is 267 Å². The summed E-state index contributed by atoms with van der Waals surface area (Å²) in [4.78, 5) is 15.4. The van der Waals surface area contributed by atoms with Gasteiger partial charge in [-0.15, -0.1) is 0 Å². The Bertz CT molecular complexity index is 5520. The van der Waals surface area contributed by atoms with Crippen LogP contribution in [-0.2, 0) is 10.8 Å². The number of para-hydroxylation sites is 2. The standard InChI is InChI=1S/C81H56N6/c1-80(2)67-27-15-11-23-57(67)59-37-35-55(47-69(59)80)85-71-29-17-13-25-61(71)63-43-51(31-39-73(63)85)53-32-40-74-65(45-53)66-46-54(33-41-75(66)86(74)56-36-38-60-58-24-12-16-28-68(58)81(3,4)70(60)48-56)52-34-42-76-64(44-52)62-26-14-18-30-72(62)87(76)79-83-77(49-19-7-5-8-20-49)82-78(84-79)50-21-9-6-10-22-50/h5-48H,1-4H3. The number of nitrogens with zero attached hydrogens (tertiary/aromatic N) is 6. The summed E-state index contributed by atoms with van der Waals surface area (Å²) < 4.78 is 7.16. The largest absolute Gasteiger partial charge is 0.309 e. The van der Waals surface area contributed by atoms with Crippen LogP contribution >= 0.6 is 0 Å². The Balaban J connectivity index is 0.803. The molecule has 0 spiro atoms. The lowest BCUT2D eigenvalue weighted by Gasteiger charge is -2.22. The molecule has 2 aliphatic carbocycles. The van der Waals surface area contributed by atoms with Crippen molar-refractivity contribution in [2.75, 3.05) is 0 Å². The lowest BCUT2D eigenvalue weighted by molar-refractivity contribution is 0.660. The van der Waals surface area contributed by atoms with Gasteiger partial charge in [0.15, 0.2) is 11.6 Å². The van der Waals surface area contributed by atoms with E-state index in [4.69, 9.17) is 15.0 Å². The second-order valence-electron chi connectivity index (χ2n) is 24.8. The first-order valence-corrected chi connectivity index (χ1v) is 30.2. The molecule has 12 aromatic carbocycles. The molecule has 16 aromatic rings. The Morgan fingerprint density at radius 3 is 1.01 bits per heavy atom. The van der Waals surface area contributed by atoms with Crippen LogP contribution in [0.1, 0.15) is 49.9 Å².